The summed E-state index contributed by atoms with van der Waals surface area (Å²) in [5.74, 6) is -0.336. The first-order chi connectivity index (χ1) is 8.19. The Morgan fingerprint density at radius 1 is 1.47 bits per heavy atom. The molecule has 0 spiro atoms. The van der Waals surface area contributed by atoms with Crippen molar-refractivity contribution in [2.45, 2.75) is 33.1 Å². The zero-order valence-corrected chi connectivity index (χ0v) is 11.2. The zero-order valence-electron chi connectivity index (χ0n) is 10.4. The summed E-state index contributed by atoms with van der Waals surface area (Å²) in [5, 5.41) is 4.20. The molecule has 0 aromatic carbocycles. The van der Waals surface area contributed by atoms with Crippen molar-refractivity contribution in [1.29, 1.82) is 0 Å². The Bertz CT molecular complexity index is 363. The number of ether oxygens (including phenoxy) is 1. The fourth-order valence-electron chi connectivity index (χ4n) is 1.43. The highest BCUT2D eigenvalue weighted by Crippen LogP contribution is 2.29. The molecule has 0 saturated heterocycles. The van der Waals surface area contributed by atoms with E-state index in [-0.39, 0.29) is 5.97 Å². The van der Waals surface area contributed by atoms with Gasteiger partial charge in [-0.25, -0.2) is 4.79 Å². The molecule has 0 amide bonds. The summed E-state index contributed by atoms with van der Waals surface area (Å²) in [7, 11) is 0. The smallest absolute Gasteiger partial charge is 0.350 e. The third-order valence-corrected chi connectivity index (χ3v) is 3.39. The Hall–Kier alpha value is -1.23. The Labute approximate surface area is 106 Å². The van der Waals surface area contributed by atoms with Crippen LogP contribution in [0.15, 0.2) is 6.07 Å². The number of unbranched alkanes of at least 4 members (excludes halogenated alkanes) is 2. The number of thiophene rings is 1. The second-order valence-corrected chi connectivity index (χ2v) is 4.80. The predicted molar refractivity (Wildman–Crippen MR) is 72.7 cm³/mol. The van der Waals surface area contributed by atoms with Gasteiger partial charge in [-0.3, -0.25) is 0 Å². The van der Waals surface area contributed by atoms with Gasteiger partial charge in [-0.15, -0.1) is 11.3 Å². The lowest BCUT2D eigenvalue weighted by Crippen LogP contribution is -2.04. The van der Waals surface area contributed by atoms with E-state index in [1.54, 1.807) is 13.0 Å². The Morgan fingerprint density at radius 2 is 2.24 bits per heavy atom. The maximum absolute atomic E-state index is 11.5. The van der Waals surface area contributed by atoms with Crippen LogP contribution in [0.5, 0.6) is 0 Å². The minimum atomic E-state index is -0.336. The van der Waals surface area contributed by atoms with Crippen molar-refractivity contribution in [1.82, 2.24) is 0 Å². The van der Waals surface area contributed by atoms with Crippen molar-refractivity contribution in [3.63, 3.8) is 0 Å². The lowest BCUT2D eigenvalue weighted by atomic mass is 10.2. The molecule has 0 saturated carbocycles. The normalized spacial score (nSPS) is 10.2. The van der Waals surface area contributed by atoms with Gasteiger partial charge < -0.3 is 15.8 Å². The van der Waals surface area contributed by atoms with Gasteiger partial charge in [0.05, 0.1) is 17.3 Å². The first kappa shape index (κ1) is 13.8. The van der Waals surface area contributed by atoms with Gasteiger partial charge in [-0.05, 0) is 19.4 Å². The lowest BCUT2D eigenvalue weighted by molar-refractivity contribution is 0.0533. The minimum absolute atomic E-state index is 0.336. The van der Waals surface area contributed by atoms with E-state index in [0.717, 1.165) is 18.0 Å². The molecular formula is C12H20N2O2S. The molecule has 0 fully saturated rings. The Balaban J connectivity index is 2.52. The zero-order chi connectivity index (χ0) is 12.7. The summed E-state index contributed by atoms with van der Waals surface area (Å²) in [6.45, 7) is 5.24. The summed E-state index contributed by atoms with van der Waals surface area (Å²) in [6, 6.07) is 1.79. The van der Waals surface area contributed by atoms with Crippen LogP contribution in [0, 0.1) is 0 Å². The maximum atomic E-state index is 11.5. The van der Waals surface area contributed by atoms with Crippen molar-refractivity contribution in [3.8, 4) is 0 Å². The molecule has 3 N–H and O–H groups in total. The van der Waals surface area contributed by atoms with Gasteiger partial charge in [0, 0.05) is 6.54 Å². The molecule has 0 bridgehead atoms. The van der Waals surface area contributed by atoms with E-state index in [4.69, 9.17) is 10.5 Å². The number of esters is 1. The number of hydrogen-bond acceptors (Lipinski definition) is 5. The van der Waals surface area contributed by atoms with E-state index in [1.807, 2.05) is 0 Å². The van der Waals surface area contributed by atoms with E-state index >= 15 is 0 Å². The summed E-state index contributed by atoms with van der Waals surface area (Å²) in [6.07, 6.45) is 3.53. The topological polar surface area (TPSA) is 64.3 Å². The highest BCUT2D eigenvalue weighted by molar-refractivity contribution is 7.18. The molecule has 1 rings (SSSR count). The number of nitrogens with one attached hydrogen (secondary N) is 1. The van der Waals surface area contributed by atoms with Crippen molar-refractivity contribution < 1.29 is 9.53 Å². The first-order valence-corrected chi connectivity index (χ1v) is 6.81. The molecule has 0 aliphatic rings. The van der Waals surface area contributed by atoms with E-state index in [0.29, 0.717) is 17.2 Å². The van der Waals surface area contributed by atoms with Gasteiger partial charge in [0.1, 0.15) is 4.88 Å². The van der Waals surface area contributed by atoms with E-state index in [2.05, 4.69) is 12.2 Å². The van der Waals surface area contributed by atoms with Crippen LogP contribution in [-0.2, 0) is 4.74 Å². The summed E-state index contributed by atoms with van der Waals surface area (Å²) in [5.41, 5.74) is 6.26. The number of nitrogen functional groups attached to an aromatic ring is 1. The number of carbonyl (C=O) groups excluding carboxylic acids is 1. The first-order valence-electron chi connectivity index (χ1n) is 5.99. The number of hydrogen-bond donors (Lipinski definition) is 2. The molecule has 0 radical (unpaired) electrons. The standard InChI is InChI=1S/C12H20N2O2S/c1-3-5-6-7-14-10-8-9(13)11(17-10)12(15)16-4-2/h8,14H,3-7,13H2,1-2H3. The summed E-state index contributed by atoms with van der Waals surface area (Å²) in [4.78, 5) is 12.0. The summed E-state index contributed by atoms with van der Waals surface area (Å²) >= 11 is 1.35. The number of nitrogens with two attached hydrogens (primary N) is 1. The highest BCUT2D eigenvalue weighted by atomic mass is 32.1. The third-order valence-electron chi connectivity index (χ3n) is 2.30. The molecule has 1 aromatic rings. The third kappa shape index (κ3) is 4.26. The van der Waals surface area contributed by atoms with Gasteiger partial charge in [0.15, 0.2) is 0 Å². The average Bonchev–Trinajstić information content (AvgIpc) is 2.66. The largest absolute Gasteiger partial charge is 0.462 e. The quantitative estimate of drug-likeness (QED) is 0.581. The monoisotopic (exact) mass is 256 g/mol. The molecule has 17 heavy (non-hydrogen) atoms. The molecular weight excluding hydrogens is 236 g/mol. The van der Waals surface area contributed by atoms with Crippen LogP contribution in [0.4, 0.5) is 10.7 Å². The molecule has 1 aromatic heterocycles. The van der Waals surface area contributed by atoms with Crippen LogP contribution in [-0.4, -0.2) is 19.1 Å². The van der Waals surface area contributed by atoms with E-state index in [1.165, 1.54) is 24.2 Å². The van der Waals surface area contributed by atoms with Crippen LogP contribution >= 0.6 is 11.3 Å². The van der Waals surface area contributed by atoms with Crippen LogP contribution in [0.2, 0.25) is 0 Å². The van der Waals surface area contributed by atoms with Crippen LogP contribution in [0.25, 0.3) is 0 Å². The van der Waals surface area contributed by atoms with Crippen LogP contribution < -0.4 is 11.1 Å². The average molecular weight is 256 g/mol. The molecule has 1 heterocycles. The highest BCUT2D eigenvalue weighted by Gasteiger charge is 2.15. The fourth-order valence-corrected chi connectivity index (χ4v) is 2.33. The van der Waals surface area contributed by atoms with Crippen molar-refractivity contribution >= 4 is 28.0 Å². The van der Waals surface area contributed by atoms with Crippen molar-refractivity contribution in [2.75, 3.05) is 24.2 Å². The molecule has 0 unspecified atom stereocenters. The Kier molecular flexibility index (Phi) is 5.83. The Morgan fingerprint density at radius 3 is 2.88 bits per heavy atom. The van der Waals surface area contributed by atoms with Crippen LogP contribution in [0.3, 0.4) is 0 Å². The summed E-state index contributed by atoms with van der Waals surface area (Å²) < 4.78 is 4.93. The van der Waals surface area contributed by atoms with Gasteiger partial charge in [0.2, 0.25) is 0 Å². The molecule has 96 valence electrons. The molecule has 4 nitrogen and oxygen atoms in total. The number of carbonyl (C=O) groups is 1. The van der Waals surface area contributed by atoms with Gasteiger partial charge in [-0.2, -0.15) is 0 Å². The van der Waals surface area contributed by atoms with Crippen LogP contribution in [0.1, 0.15) is 42.8 Å². The molecule has 5 heteroatoms. The minimum Gasteiger partial charge on any atom is -0.462 e. The maximum Gasteiger partial charge on any atom is 0.350 e. The molecule has 0 atom stereocenters. The van der Waals surface area contributed by atoms with Crippen molar-refractivity contribution in [2.24, 2.45) is 0 Å². The number of anilines is 2. The van der Waals surface area contributed by atoms with Gasteiger partial charge in [-0.1, -0.05) is 19.8 Å². The number of rotatable bonds is 7. The van der Waals surface area contributed by atoms with E-state index in [9.17, 15) is 4.79 Å². The second kappa shape index (κ2) is 7.17. The van der Waals surface area contributed by atoms with Gasteiger partial charge in [0.25, 0.3) is 0 Å². The van der Waals surface area contributed by atoms with Gasteiger partial charge >= 0.3 is 5.97 Å². The second-order valence-electron chi connectivity index (χ2n) is 3.75. The van der Waals surface area contributed by atoms with Crippen molar-refractivity contribution in [3.05, 3.63) is 10.9 Å². The molecule has 0 aliphatic carbocycles. The predicted octanol–water partition coefficient (Wildman–Crippen LogP) is 3.11. The molecule has 0 aliphatic heterocycles. The lowest BCUT2D eigenvalue weighted by Gasteiger charge is -2.01. The van der Waals surface area contributed by atoms with E-state index < -0.39 is 0 Å². The SMILES string of the molecule is CCCCCNc1cc(N)c(C(=O)OCC)s1. The fraction of sp³-hybridized carbons (Fsp3) is 0.583.